The molecule has 0 N–H and O–H groups in total. The summed E-state index contributed by atoms with van der Waals surface area (Å²) in [6.45, 7) is 4.80. The summed E-state index contributed by atoms with van der Waals surface area (Å²) < 4.78 is 5.87. The third kappa shape index (κ3) is 3.26. The molecule has 2 fully saturated rings. The van der Waals surface area contributed by atoms with Crippen molar-refractivity contribution in [1.82, 2.24) is 29.9 Å². The lowest BCUT2D eigenvalue weighted by Gasteiger charge is -2.19. The van der Waals surface area contributed by atoms with Gasteiger partial charge in [-0.25, -0.2) is 29.9 Å². The van der Waals surface area contributed by atoms with Crippen molar-refractivity contribution in [2.45, 2.75) is 13.3 Å². The highest BCUT2D eigenvalue weighted by Gasteiger charge is 2.56. The van der Waals surface area contributed by atoms with Gasteiger partial charge in [-0.15, -0.1) is 0 Å². The van der Waals surface area contributed by atoms with E-state index in [1.54, 1.807) is 24.8 Å². The lowest BCUT2D eigenvalue weighted by molar-refractivity contribution is 0.271. The molecule has 0 aromatic carbocycles. The first-order valence-corrected chi connectivity index (χ1v) is 9.58. The standard InChI is InChI=1S/C20H21N7O.2H2/c1-2-13-3-25-20(26-4-13)27-9-15-16(10-27)17(15)11-28-19-8-23-18(7-24-19)14-5-21-12-22-6-14;;/h3-8,12,15-17H,2,9-11H2,1H3;2*1H. The second-order valence-electron chi connectivity index (χ2n) is 7.32. The number of hydrogen-bond donors (Lipinski definition) is 0. The molecule has 4 heterocycles. The first kappa shape index (κ1) is 17.0. The van der Waals surface area contributed by atoms with Crippen LogP contribution in [0.15, 0.2) is 43.5 Å². The summed E-state index contributed by atoms with van der Waals surface area (Å²) in [4.78, 5) is 28.0. The minimum Gasteiger partial charge on any atom is -0.476 e. The monoisotopic (exact) mass is 379 g/mol. The third-order valence-corrected chi connectivity index (χ3v) is 5.66. The van der Waals surface area contributed by atoms with Crippen LogP contribution in [0.1, 0.15) is 15.3 Å². The van der Waals surface area contributed by atoms with Crippen molar-refractivity contribution >= 4 is 5.95 Å². The number of nitrogens with zero attached hydrogens (tertiary/aromatic N) is 7. The second kappa shape index (κ2) is 7.10. The quantitative estimate of drug-likeness (QED) is 0.645. The van der Waals surface area contributed by atoms with E-state index >= 15 is 0 Å². The molecule has 3 aromatic rings. The maximum Gasteiger partial charge on any atom is 0.232 e. The summed E-state index contributed by atoms with van der Waals surface area (Å²) in [6.07, 6.45) is 13.1. The fourth-order valence-electron chi connectivity index (χ4n) is 3.91. The van der Waals surface area contributed by atoms with E-state index in [-0.39, 0.29) is 2.85 Å². The smallest absolute Gasteiger partial charge is 0.232 e. The van der Waals surface area contributed by atoms with Crippen LogP contribution in [0.25, 0.3) is 11.3 Å². The van der Waals surface area contributed by atoms with E-state index < -0.39 is 0 Å². The Morgan fingerprint density at radius 3 is 2.36 bits per heavy atom. The van der Waals surface area contributed by atoms with Gasteiger partial charge in [-0.3, -0.25) is 0 Å². The van der Waals surface area contributed by atoms with E-state index in [9.17, 15) is 0 Å². The molecular formula is C20H25N7O. The lowest BCUT2D eigenvalue weighted by atomic mass is 10.2. The summed E-state index contributed by atoms with van der Waals surface area (Å²) in [5.41, 5.74) is 2.75. The van der Waals surface area contributed by atoms with Gasteiger partial charge in [-0.2, -0.15) is 0 Å². The summed E-state index contributed by atoms with van der Waals surface area (Å²) in [5, 5.41) is 0. The van der Waals surface area contributed by atoms with Crippen LogP contribution in [0.4, 0.5) is 5.95 Å². The van der Waals surface area contributed by atoms with E-state index in [0.717, 1.165) is 36.7 Å². The first-order chi connectivity index (χ1) is 13.8. The van der Waals surface area contributed by atoms with E-state index in [2.05, 4.69) is 41.7 Å². The van der Waals surface area contributed by atoms with E-state index in [4.69, 9.17) is 4.74 Å². The molecule has 0 amide bonds. The van der Waals surface area contributed by atoms with Gasteiger partial charge in [0.1, 0.15) is 6.33 Å². The number of fused-ring (bicyclic) bond motifs is 1. The van der Waals surface area contributed by atoms with Crippen LogP contribution in [-0.2, 0) is 6.42 Å². The number of rotatable bonds is 6. The van der Waals surface area contributed by atoms with Crippen LogP contribution in [-0.4, -0.2) is 49.6 Å². The molecule has 1 saturated carbocycles. The minimum absolute atomic E-state index is 0. The average Bonchev–Trinajstić information content (AvgIpc) is 3.22. The molecule has 28 heavy (non-hydrogen) atoms. The Balaban J connectivity index is 0.00000128. The SMILES string of the molecule is CCc1cnc(N2CC3C(COc4cnc(-c5cncnc5)cn4)C3C2)nc1.[HH].[HH]. The van der Waals surface area contributed by atoms with Crippen LogP contribution in [0, 0.1) is 17.8 Å². The van der Waals surface area contributed by atoms with Gasteiger partial charge in [-0.05, 0) is 23.8 Å². The molecule has 2 atom stereocenters. The molecular weight excluding hydrogens is 354 g/mol. The van der Waals surface area contributed by atoms with Crippen molar-refractivity contribution in [1.29, 1.82) is 0 Å². The van der Waals surface area contributed by atoms with Gasteiger partial charge in [0.05, 0.1) is 24.7 Å². The Labute approximate surface area is 166 Å². The summed E-state index contributed by atoms with van der Waals surface area (Å²) in [6, 6.07) is 0. The molecule has 3 aromatic heterocycles. The summed E-state index contributed by atoms with van der Waals surface area (Å²) >= 11 is 0. The first-order valence-electron chi connectivity index (χ1n) is 9.58. The zero-order valence-electron chi connectivity index (χ0n) is 15.6. The molecule has 2 aliphatic rings. The highest BCUT2D eigenvalue weighted by Crippen LogP contribution is 2.52. The molecule has 1 saturated heterocycles. The van der Waals surface area contributed by atoms with Crippen LogP contribution in [0.3, 0.4) is 0 Å². The van der Waals surface area contributed by atoms with E-state index in [1.165, 1.54) is 11.9 Å². The average molecular weight is 379 g/mol. The Hall–Kier alpha value is -3.16. The van der Waals surface area contributed by atoms with Gasteiger partial charge in [0.25, 0.3) is 0 Å². The molecule has 8 nitrogen and oxygen atoms in total. The number of hydrogen-bond acceptors (Lipinski definition) is 8. The molecule has 8 heteroatoms. The van der Waals surface area contributed by atoms with Gasteiger partial charge < -0.3 is 9.64 Å². The van der Waals surface area contributed by atoms with Gasteiger partial charge in [0, 0.05) is 52.2 Å². The van der Waals surface area contributed by atoms with Gasteiger partial charge >= 0.3 is 0 Å². The third-order valence-electron chi connectivity index (χ3n) is 5.66. The largest absolute Gasteiger partial charge is 0.476 e. The Kier molecular flexibility index (Phi) is 4.31. The molecule has 0 spiro atoms. The van der Waals surface area contributed by atoms with Crippen molar-refractivity contribution in [3.8, 4) is 17.1 Å². The maximum atomic E-state index is 5.87. The van der Waals surface area contributed by atoms with Crippen LogP contribution >= 0.6 is 0 Å². The molecule has 5 rings (SSSR count). The highest BCUT2D eigenvalue weighted by molar-refractivity contribution is 5.55. The zero-order valence-corrected chi connectivity index (χ0v) is 15.6. The normalized spacial score (nSPS) is 22.8. The van der Waals surface area contributed by atoms with Crippen LogP contribution in [0.5, 0.6) is 5.88 Å². The van der Waals surface area contributed by atoms with Crippen LogP contribution < -0.4 is 9.64 Å². The molecule has 1 aliphatic heterocycles. The summed E-state index contributed by atoms with van der Waals surface area (Å²) in [7, 11) is 0. The number of anilines is 1. The predicted octanol–water partition coefficient (Wildman–Crippen LogP) is 2.54. The highest BCUT2D eigenvalue weighted by atomic mass is 16.5. The van der Waals surface area contributed by atoms with Crippen molar-refractivity contribution in [2.24, 2.45) is 17.8 Å². The minimum atomic E-state index is 0. The number of aromatic nitrogens is 6. The molecule has 0 bridgehead atoms. The fourth-order valence-corrected chi connectivity index (χ4v) is 3.91. The van der Waals surface area contributed by atoms with Gasteiger partial charge in [0.15, 0.2) is 0 Å². The fraction of sp³-hybridized carbons (Fsp3) is 0.400. The van der Waals surface area contributed by atoms with Crippen molar-refractivity contribution in [3.63, 3.8) is 0 Å². The Morgan fingerprint density at radius 2 is 1.71 bits per heavy atom. The van der Waals surface area contributed by atoms with Gasteiger partial charge in [0.2, 0.25) is 11.8 Å². The van der Waals surface area contributed by atoms with Gasteiger partial charge in [-0.1, -0.05) is 6.92 Å². The molecule has 2 unspecified atom stereocenters. The van der Waals surface area contributed by atoms with Crippen molar-refractivity contribution < 1.29 is 7.59 Å². The van der Waals surface area contributed by atoms with Crippen molar-refractivity contribution in [2.75, 3.05) is 24.6 Å². The second-order valence-corrected chi connectivity index (χ2v) is 7.32. The number of piperidine rings is 1. The molecule has 1 aliphatic carbocycles. The maximum absolute atomic E-state index is 5.87. The molecule has 146 valence electrons. The van der Waals surface area contributed by atoms with Crippen LogP contribution in [0.2, 0.25) is 0 Å². The zero-order chi connectivity index (χ0) is 18.9. The Morgan fingerprint density at radius 1 is 0.964 bits per heavy atom. The lowest BCUT2D eigenvalue weighted by Crippen LogP contribution is -2.27. The molecule has 0 radical (unpaired) electrons. The predicted molar refractivity (Wildman–Crippen MR) is 107 cm³/mol. The van der Waals surface area contributed by atoms with Crippen molar-refractivity contribution in [3.05, 3.63) is 49.1 Å². The van der Waals surface area contributed by atoms with E-state index in [1.807, 2.05) is 12.4 Å². The Bertz CT molecular complexity index is 932. The summed E-state index contributed by atoms with van der Waals surface area (Å²) in [5.74, 6) is 3.29. The van der Waals surface area contributed by atoms with E-state index in [0.29, 0.717) is 30.2 Å². The number of aryl methyl sites for hydroxylation is 1. The number of ether oxygens (including phenoxy) is 1. The topological polar surface area (TPSA) is 89.8 Å².